The minimum atomic E-state index is -0.530. The van der Waals surface area contributed by atoms with Gasteiger partial charge in [-0.25, -0.2) is 8.78 Å². The smallest absolute Gasteiger partial charge is 0.130 e. The van der Waals surface area contributed by atoms with Crippen molar-refractivity contribution in [3.8, 4) is 0 Å². The Hall–Kier alpha value is -0.260. The van der Waals surface area contributed by atoms with E-state index in [2.05, 4.69) is 31.9 Å². The van der Waals surface area contributed by atoms with Crippen LogP contribution in [0.2, 0.25) is 0 Å². The fourth-order valence-electron chi connectivity index (χ4n) is 1.51. The molecule has 0 bridgehead atoms. The third-order valence-corrected chi connectivity index (χ3v) is 4.98. The quantitative estimate of drug-likeness (QED) is 0.595. The second-order valence-corrected chi connectivity index (χ2v) is 6.88. The van der Waals surface area contributed by atoms with Gasteiger partial charge in [-0.05, 0) is 51.5 Å². The van der Waals surface area contributed by atoms with Gasteiger partial charge in [0.25, 0.3) is 0 Å². The second-order valence-electron chi connectivity index (χ2n) is 3.67. The highest BCUT2D eigenvalue weighted by Crippen LogP contribution is 2.36. The van der Waals surface area contributed by atoms with Crippen molar-refractivity contribution in [1.29, 1.82) is 0 Å². The van der Waals surface area contributed by atoms with Gasteiger partial charge in [0.05, 0.1) is 8.61 Å². The zero-order valence-electron chi connectivity index (χ0n) is 8.81. The van der Waals surface area contributed by atoms with Gasteiger partial charge in [0.15, 0.2) is 0 Å². The number of rotatable bonds is 2. The summed E-state index contributed by atoms with van der Waals surface area (Å²) in [5, 5.41) is 1.93. The predicted octanol–water partition coefficient (Wildman–Crippen LogP) is 5.58. The Balaban J connectivity index is 2.43. The Morgan fingerprint density at radius 2 is 1.88 bits per heavy atom. The molecule has 1 atom stereocenters. The van der Waals surface area contributed by atoms with Crippen LogP contribution in [0.1, 0.15) is 21.5 Å². The van der Waals surface area contributed by atoms with Crippen molar-refractivity contribution in [3.63, 3.8) is 0 Å². The lowest BCUT2D eigenvalue weighted by Gasteiger charge is -2.11. The normalized spacial score (nSPS) is 12.8. The summed E-state index contributed by atoms with van der Waals surface area (Å²) in [6.07, 6.45) is 0. The van der Waals surface area contributed by atoms with E-state index in [0.717, 1.165) is 15.4 Å². The number of alkyl halides is 1. The average molecular weight is 382 g/mol. The van der Waals surface area contributed by atoms with Crippen LogP contribution in [0, 0.1) is 18.6 Å². The molecule has 0 aliphatic carbocycles. The van der Waals surface area contributed by atoms with Gasteiger partial charge >= 0.3 is 0 Å². The standard InChI is InChI=1S/C12H8Br2F2S/c1-6-2-8(10(16)4-9(6)15)12(14)7-3-11(13)17-5-7/h2-5,12H,1H3. The summed E-state index contributed by atoms with van der Waals surface area (Å²) in [5.74, 6) is -1.05. The second kappa shape index (κ2) is 5.16. The van der Waals surface area contributed by atoms with Crippen molar-refractivity contribution in [2.45, 2.75) is 11.8 Å². The minimum Gasteiger partial charge on any atom is -0.207 e. The van der Waals surface area contributed by atoms with Gasteiger partial charge in [0, 0.05) is 11.6 Å². The Kier molecular flexibility index (Phi) is 4.00. The Bertz CT molecular complexity index is 551. The van der Waals surface area contributed by atoms with Gasteiger partial charge in [-0.2, -0.15) is 0 Å². The Morgan fingerprint density at radius 1 is 1.18 bits per heavy atom. The van der Waals surface area contributed by atoms with Crippen LogP contribution in [0.5, 0.6) is 0 Å². The lowest BCUT2D eigenvalue weighted by atomic mass is 10.0. The largest absolute Gasteiger partial charge is 0.207 e. The molecule has 2 rings (SSSR count). The highest BCUT2D eigenvalue weighted by molar-refractivity contribution is 9.11. The average Bonchev–Trinajstić information content (AvgIpc) is 2.69. The SMILES string of the molecule is Cc1cc(C(Br)c2csc(Br)c2)c(F)cc1F. The molecule has 1 aromatic heterocycles. The molecule has 0 saturated heterocycles. The number of thiophene rings is 1. The van der Waals surface area contributed by atoms with Crippen molar-refractivity contribution in [2.75, 3.05) is 0 Å². The number of halogens is 4. The first kappa shape index (κ1) is 13.2. The van der Waals surface area contributed by atoms with Crippen LogP contribution in [0.4, 0.5) is 8.78 Å². The molecule has 1 heterocycles. The summed E-state index contributed by atoms with van der Waals surface area (Å²) in [6.45, 7) is 1.63. The predicted molar refractivity (Wildman–Crippen MR) is 73.9 cm³/mol. The fraction of sp³-hybridized carbons (Fsp3) is 0.167. The summed E-state index contributed by atoms with van der Waals surface area (Å²) < 4.78 is 27.8. The van der Waals surface area contributed by atoms with Gasteiger partial charge in [0.2, 0.25) is 0 Å². The maximum atomic E-state index is 13.7. The minimum absolute atomic E-state index is 0.260. The van der Waals surface area contributed by atoms with E-state index in [1.807, 2.05) is 11.4 Å². The third-order valence-electron chi connectivity index (χ3n) is 2.43. The van der Waals surface area contributed by atoms with Gasteiger partial charge in [-0.3, -0.25) is 0 Å². The number of aryl methyl sites for hydroxylation is 1. The molecular weight excluding hydrogens is 374 g/mol. The summed E-state index contributed by atoms with van der Waals surface area (Å²) in [4.78, 5) is -0.260. The van der Waals surface area contributed by atoms with Gasteiger partial charge in [-0.1, -0.05) is 15.9 Å². The molecule has 0 radical (unpaired) electrons. The first-order chi connectivity index (χ1) is 7.99. The van der Waals surface area contributed by atoms with E-state index in [-0.39, 0.29) is 4.83 Å². The molecule has 0 aliphatic rings. The summed E-state index contributed by atoms with van der Waals surface area (Å²) in [7, 11) is 0. The first-order valence-corrected chi connectivity index (χ1v) is 7.41. The van der Waals surface area contributed by atoms with E-state index in [1.54, 1.807) is 6.92 Å². The van der Waals surface area contributed by atoms with E-state index < -0.39 is 11.6 Å². The fourth-order valence-corrected chi connectivity index (χ4v) is 3.50. The molecule has 1 unspecified atom stereocenters. The van der Waals surface area contributed by atoms with E-state index in [4.69, 9.17) is 0 Å². The van der Waals surface area contributed by atoms with Crippen LogP contribution >= 0.6 is 43.2 Å². The zero-order chi connectivity index (χ0) is 12.6. The maximum Gasteiger partial charge on any atom is 0.130 e. The third kappa shape index (κ3) is 2.77. The van der Waals surface area contributed by atoms with Crippen LogP contribution < -0.4 is 0 Å². The van der Waals surface area contributed by atoms with Gasteiger partial charge < -0.3 is 0 Å². The first-order valence-electron chi connectivity index (χ1n) is 4.82. The van der Waals surface area contributed by atoms with Crippen molar-refractivity contribution >= 4 is 43.2 Å². The van der Waals surface area contributed by atoms with Gasteiger partial charge in [0.1, 0.15) is 11.6 Å². The Labute approximate surface area is 119 Å². The van der Waals surface area contributed by atoms with E-state index in [0.29, 0.717) is 11.1 Å². The molecule has 0 N–H and O–H groups in total. The van der Waals surface area contributed by atoms with Crippen LogP contribution in [-0.2, 0) is 0 Å². The molecule has 0 saturated carbocycles. The monoisotopic (exact) mass is 380 g/mol. The zero-order valence-corrected chi connectivity index (χ0v) is 12.8. The highest BCUT2D eigenvalue weighted by Gasteiger charge is 2.17. The summed E-state index contributed by atoms with van der Waals surface area (Å²) in [6, 6.07) is 4.39. The number of hydrogen-bond donors (Lipinski definition) is 0. The molecular formula is C12H8Br2F2S. The van der Waals surface area contributed by atoms with Crippen molar-refractivity contribution in [3.05, 3.63) is 55.7 Å². The molecule has 0 spiro atoms. The lowest BCUT2D eigenvalue weighted by molar-refractivity contribution is 0.569. The van der Waals surface area contributed by atoms with Crippen LogP contribution in [0.15, 0.2) is 27.4 Å². The van der Waals surface area contributed by atoms with Crippen LogP contribution in [-0.4, -0.2) is 0 Å². The lowest BCUT2D eigenvalue weighted by Crippen LogP contribution is -1.98. The van der Waals surface area contributed by atoms with E-state index in [9.17, 15) is 8.78 Å². The van der Waals surface area contributed by atoms with Crippen molar-refractivity contribution in [2.24, 2.45) is 0 Å². The molecule has 90 valence electrons. The topological polar surface area (TPSA) is 0 Å². The van der Waals surface area contributed by atoms with E-state index in [1.165, 1.54) is 17.4 Å². The molecule has 5 heteroatoms. The highest BCUT2D eigenvalue weighted by atomic mass is 79.9. The van der Waals surface area contributed by atoms with E-state index >= 15 is 0 Å². The molecule has 1 aromatic carbocycles. The number of hydrogen-bond acceptors (Lipinski definition) is 1. The van der Waals surface area contributed by atoms with Crippen LogP contribution in [0.3, 0.4) is 0 Å². The van der Waals surface area contributed by atoms with Gasteiger partial charge in [-0.15, -0.1) is 11.3 Å². The van der Waals surface area contributed by atoms with Crippen LogP contribution in [0.25, 0.3) is 0 Å². The summed E-state index contributed by atoms with van der Waals surface area (Å²) >= 11 is 8.33. The summed E-state index contributed by atoms with van der Waals surface area (Å²) in [5.41, 5.74) is 1.85. The maximum absolute atomic E-state index is 13.7. The van der Waals surface area contributed by atoms with Crippen molar-refractivity contribution in [1.82, 2.24) is 0 Å². The molecule has 0 fully saturated rings. The Morgan fingerprint density at radius 3 is 2.47 bits per heavy atom. The molecule has 17 heavy (non-hydrogen) atoms. The molecule has 0 amide bonds. The molecule has 0 aliphatic heterocycles. The molecule has 0 nitrogen and oxygen atoms in total. The molecule has 2 aromatic rings. The number of benzene rings is 1. The van der Waals surface area contributed by atoms with Crippen molar-refractivity contribution < 1.29 is 8.78 Å².